The van der Waals surface area contributed by atoms with Gasteiger partial charge in [0.05, 0.1) is 0 Å². The molecule has 0 amide bonds. The molecule has 3 aromatic rings. The maximum Gasteiger partial charge on any atom is 0.338 e. The molecule has 3 heteroatoms. The number of aromatic nitrogens is 1. The van der Waals surface area contributed by atoms with E-state index in [1.165, 1.54) is 6.07 Å². The minimum atomic E-state index is -0.380. The Labute approximate surface area is 97.4 Å². The molecule has 0 atom stereocenters. The quantitative estimate of drug-likeness (QED) is 0.637. The molecule has 0 spiro atoms. The number of nitrogens with zero attached hydrogens (tertiary/aromatic N) is 1. The van der Waals surface area contributed by atoms with Gasteiger partial charge in [0.25, 0.3) is 0 Å². The van der Waals surface area contributed by atoms with Crippen molar-refractivity contribution in [2.75, 3.05) is 0 Å². The average Bonchev–Trinajstić information content (AvgIpc) is 2.39. The van der Waals surface area contributed by atoms with Gasteiger partial charge in [-0.25, -0.2) is 9.78 Å². The predicted molar refractivity (Wildman–Crippen MR) is 65.7 cm³/mol. The number of hydrogen-bond donors (Lipinski definition) is 0. The molecule has 0 fully saturated rings. The van der Waals surface area contributed by atoms with Crippen molar-refractivity contribution in [2.45, 2.75) is 0 Å². The predicted octanol–water partition coefficient (Wildman–Crippen LogP) is 2.86. The van der Waals surface area contributed by atoms with Gasteiger partial charge in [-0.1, -0.05) is 30.3 Å². The highest BCUT2D eigenvalue weighted by atomic mass is 16.4. The Kier molecular flexibility index (Phi) is 2.22. The minimum absolute atomic E-state index is 0.374. The Bertz CT molecular complexity index is 717. The molecule has 0 N–H and O–H groups in total. The van der Waals surface area contributed by atoms with E-state index in [-0.39, 0.29) is 5.63 Å². The zero-order valence-electron chi connectivity index (χ0n) is 8.96. The van der Waals surface area contributed by atoms with E-state index in [0.717, 1.165) is 16.5 Å². The van der Waals surface area contributed by atoms with Crippen LogP contribution in [-0.4, -0.2) is 4.98 Å². The number of rotatable bonds is 1. The van der Waals surface area contributed by atoms with Gasteiger partial charge in [0.2, 0.25) is 5.71 Å². The molecule has 1 aromatic carbocycles. The van der Waals surface area contributed by atoms with E-state index < -0.39 is 0 Å². The fourth-order valence-corrected chi connectivity index (χ4v) is 1.85. The lowest BCUT2D eigenvalue weighted by molar-refractivity contribution is 0.550. The highest BCUT2D eigenvalue weighted by Gasteiger charge is 2.07. The fourth-order valence-electron chi connectivity index (χ4n) is 1.85. The Morgan fingerprint density at radius 2 is 1.82 bits per heavy atom. The zero-order valence-corrected chi connectivity index (χ0v) is 8.96. The van der Waals surface area contributed by atoms with Gasteiger partial charge in [-0.15, -0.1) is 0 Å². The van der Waals surface area contributed by atoms with E-state index >= 15 is 0 Å². The summed E-state index contributed by atoms with van der Waals surface area (Å²) in [5.74, 6) is 0. The molecular weight excluding hydrogens is 214 g/mol. The van der Waals surface area contributed by atoms with Crippen LogP contribution in [-0.2, 0) is 0 Å². The molecule has 82 valence electrons. The number of hydrogen-bond acceptors (Lipinski definition) is 3. The van der Waals surface area contributed by atoms with Crippen molar-refractivity contribution >= 4 is 11.1 Å². The molecular formula is C14H9NO2. The Hall–Kier alpha value is -2.42. The first-order valence-corrected chi connectivity index (χ1v) is 5.29. The summed E-state index contributed by atoms with van der Waals surface area (Å²) in [4.78, 5) is 15.5. The van der Waals surface area contributed by atoms with Gasteiger partial charge in [0.15, 0.2) is 0 Å². The van der Waals surface area contributed by atoms with Crippen LogP contribution < -0.4 is 5.63 Å². The van der Waals surface area contributed by atoms with E-state index in [4.69, 9.17) is 4.42 Å². The van der Waals surface area contributed by atoms with E-state index in [1.807, 2.05) is 42.5 Å². The van der Waals surface area contributed by atoms with Crippen molar-refractivity contribution in [3.05, 3.63) is 65.1 Å². The van der Waals surface area contributed by atoms with Crippen molar-refractivity contribution in [1.29, 1.82) is 0 Å². The van der Waals surface area contributed by atoms with Crippen LogP contribution in [0.4, 0.5) is 0 Å². The lowest BCUT2D eigenvalue weighted by Gasteiger charge is -2.03. The smallest absolute Gasteiger partial charge is 0.338 e. The van der Waals surface area contributed by atoms with Gasteiger partial charge in [-0.2, -0.15) is 0 Å². The zero-order chi connectivity index (χ0) is 11.7. The van der Waals surface area contributed by atoms with Crippen molar-refractivity contribution in [1.82, 2.24) is 4.98 Å². The van der Waals surface area contributed by atoms with Gasteiger partial charge in [-0.3, -0.25) is 0 Å². The van der Waals surface area contributed by atoms with Crippen molar-refractivity contribution in [3.8, 4) is 11.1 Å². The normalized spacial score (nSPS) is 10.6. The second-order valence-corrected chi connectivity index (χ2v) is 3.70. The summed E-state index contributed by atoms with van der Waals surface area (Å²) in [6, 6.07) is 15.0. The van der Waals surface area contributed by atoms with Gasteiger partial charge in [-0.05, 0) is 17.7 Å². The van der Waals surface area contributed by atoms with Gasteiger partial charge in [0, 0.05) is 23.2 Å². The second-order valence-electron chi connectivity index (χ2n) is 3.70. The first kappa shape index (κ1) is 9.78. The van der Waals surface area contributed by atoms with E-state index in [9.17, 15) is 4.79 Å². The molecule has 0 aliphatic rings. The van der Waals surface area contributed by atoms with Crippen LogP contribution in [0.3, 0.4) is 0 Å². The molecule has 0 bridgehead atoms. The van der Waals surface area contributed by atoms with Gasteiger partial charge >= 0.3 is 5.63 Å². The highest BCUT2D eigenvalue weighted by Crippen LogP contribution is 2.25. The highest BCUT2D eigenvalue weighted by molar-refractivity contribution is 5.91. The molecule has 0 saturated heterocycles. The van der Waals surface area contributed by atoms with Crippen molar-refractivity contribution < 1.29 is 4.42 Å². The molecule has 3 rings (SSSR count). The van der Waals surface area contributed by atoms with E-state index in [1.54, 1.807) is 6.20 Å². The Morgan fingerprint density at radius 1 is 1.00 bits per heavy atom. The average molecular weight is 223 g/mol. The summed E-state index contributed by atoms with van der Waals surface area (Å²) < 4.78 is 5.06. The minimum Gasteiger partial charge on any atom is -0.404 e. The first-order valence-electron chi connectivity index (χ1n) is 5.29. The van der Waals surface area contributed by atoms with Crippen LogP contribution in [0.5, 0.6) is 0 Å². The van der Waals surface area contributed by atoms with Crippen LogP contribution in [0, 0.1) is 0 Å². The van der Waals surface area contributed by atoms with Gasteiger partial charge in [0.1, 0.15) is 0 Å². The molecule has 2 heterocycles. The Balaban J connectivity index is 2.40. The lowest BCUT2D eigenvalue weighted by atomic mass is 10.0. The summed E-state index contributed by atoms with van der Waals surface area (Å²) in [6.07, 6.45) is 1.61. The number of benzene rings is 1. The maximum atomic E-state index is 11.5. The molecule has 17 heavy (non-hydrogen) atoms. The Morgan fingerprint density at radius 3 is 2.65 bits per heavy atom. The van der Waals surface area contributed by atoms with Crippen LogP contribution in [0.2, 0.25) is 0 Å². The van der Waals surface area contributed by atoms with Crippen molar-refractivity contribution in [2.24, 2.45) is 0 Å². The third-order valence-electron chi connectivity index (χ3n) is 2.61. The second kappa shape index (κ2) is 3.87. The SMILES string of the molecule is O=c1cc(-c2ccccc2)c2cccnc2o1. The molecule has 3 nitrogen and oxygen atoms in total. The standard InChI is InChI=1S/C14H9NO2/c16-13-9-12(10-5-2-1-3-6-10)11-7-4-8-15-14(11)17-13/h1-9H. The first-order chi connectivity index (χ1) is 8.34. The topological polar surface area (TPSA) is 43.1 Å². The van der Waals surface area contributed by atoms with Crippen LogP contribution in [0.25, 0.3) is 22.2 Å². The summed E-state index contributed by atoms with van der Waals surface area (Å²) in [5, 5.41) is 0.846. The molecule has 0 aliphatic carbocycles. The summed E-state index contributed by atoms with van der Waals surface area (Å²) >= 11 is 0. The van der Waals surface area contributed by atoms with Crippen LogP contribution in [0.1, 0.15) is 0 Å². The third-order valence-corrected chi connectivity index (χ3v) is 2.61. The van der Waals surface area contributed by atoms with Crippen LogP contribution in [0.15, 0.2) is 63.9 Å². The van der Waals surface area contributed by atoms with Gasteiger partial charge < -0.3 is 4.42 Å². The maximum absolute atomic E-state index is 11.5. The number of pyridine rings is 1. The molecule has 0 saturated carbocycles. The van der Waals surface area contributed by atoms with E-state index in [0.29, 0.717) is 5.71 Å². The third kappa shape index (κ3) is 1.72. The summed E-state index contributed by atoms with van der Waals surface area (Å²) in [5.41, 5.74) is 1.83. The summed E-state index contributed by atoms with van der Waals surface area (Å²) in [7, 11) is 0. The lowest BCUT2D eigenvalue weighted by Crippen LogP contribution is -1.98. The molecule has 2 aromatic heterocycles. The molecule has 0 unspecified atom stereocenters. The fraction of sp³-hybridized carbons (Fsp3) is 0. The van der Waals surface area contributed by atoms with Crippen LogP contribution >= 0.6 is 0 Å². The van der Waals surface area contributed by atoms with E-state index in [2.05, 4.69) is 4.98 Å². The number of fused-ring (bicyclic) bond motifs is 1. The monoisotopic (exact) mass is 223 g/mol. The summed E-state index contributed by atoms with van der Waals surface area (Å²) in [6.45, 7) is 0. The molecule has 0 radical (unpaired) electrons. The largest absolute Gasteiger partial charge is 0.404 e. The van der Waals surface area contributed by atoms with Crippen molar-refractivity contribution in [3.63, 3.8) is 0 Å². The molecule has 0 aliphatic heterocycles.